The summed E-state index contributed by atoms with van der Waals surface area (Å²) in [6, 6.07) is 2.04. The summed E-state index contributed by atoms with van der Waals surface area (Å²) in [7, 11) is -1.63. The van der Waals surface area contributed by atoms with E-state index in [-0.39, 0.29) is 0 Å². The summed E-state index contributed by atoms with van der Waals surface area (Å²) in [5.41, 5.74) is 2.12. The maximum absolute atomic E-state index is 12.5. The van der Waals surface area contributed by atoms with Gasteiger partial charge in [-0.2, -0.15) is 22.1 Å². The second kappa shape index (κ2) is 7.10. The fourth-order valence-corrected chi connectivity index (χ4v) is 4.30. The predicted molar refractivity (Wildman–Crippen MR) is 87.8 cm³/mol. The standard InChI is InChI=1S/C15H28N4O2S/c1-13-6-10-18(11-7-13)22(20,21)17(4)8-5-9-19-15(3)12-14(2)16-19/h12-13H,5-11H2,1-4H3. The van der Waals surface area contributed by atoms with E-state index in [1.165, 1.54) is 4.31 Å². The first-order chi connectivity index (χ1) is 10.3. The van der Waals surface area contributed by atoms with Crippen molar-refractivity contribution in [2.24, 2.45) is 5.92 Å². The summed E-state index contributed by atoms with van der Waals surface area (Å²) in [5, 5.41) is 4.41. The molecule has 0 bridgehead atoms. The molecule has 0 radical (unpaired) electrons. The van der Waals surface area contributed by atoms with E-state index < -0.39 is 10.2 Å². The van der Waals surface area contributed by atoms with Crippen molar-refractivity contribution in [3.63, 3.8) is 0 Å². The minimum Gasteiger partial charge on any atom is -0.270 e. The second-order valence-corrected chi connectivity index (χ2v) is 8.45. The largest absolute Gasteiger partial charge is 0.281 e. The van der Waals surface area contributed by atoms with Gasteiger partial charge in [0, 0.05) is 38.9 Å². The zero-order valence-corrected chi connectivity index (χ0v) is 14.9. The Hall–Kier alpha value is -0.920. The smallest absolute Gasteiger partial charge is 0.270 e. The van der Waals surface area contributed by atoms with Crippen LogP contribution in [0, 0.1) is 19.8 Å². The lowest BCUT2D eigenvalue weighted by Crippen LogP contribution is -2.45. The molecule has 6 nitrogen and oxygen atoms in total. The van der Waals surface area contributed by atoms with Crippen molar-refractivity contribution < 1.29 is 8.42 Å². The lowest BCUT2D eigenvalue weighted by atomic mass is 10.0. The Labute approximate surface area is 134 Å². The van der Waals surface area contributed by atoms with Gasteiger partial charge in [0.15, 0.2) is 0 Å². The first kappa shape index (κ1) is 17.4. The van der Waals surface area contributed by atoms with Gasteiger partial charge in [-0.05, 0) is 45.1 Å². The molecule has 0 N–H and O–H groups in total. The van der Waals surface area contributed by atoms with Gasteiger partial charge in [-0.3, -0.25) is 4.68 Å². The highest BCUT2D eigenvalue weighted by Gasteiger charge is 2.29. The Morgan fingerprint density at radius 3 is 2.50 bits per heavy atom. The normalized spacial score (nSPS) is 18.2. The highest BCUT2D eigenvalue weighted by Crippen LogP contribution is 2.20. The molecule has 1 aromatic heterocycles. The van der Waals surface area contributed by atoms with Gasteiger partial charge in [-0.1, -0.05) is 6.92 Å². The number of aromatic nitrogens is 2. The van der Waals surface area contributed by atoms with Crippen molar-refractivity contribution in [1.29, 1.82) is 0 Å². The molecule has 1 fully saturated rings. The van der Waals surface area contributed by atoms with Gasteiger partial charge in [-0.15, -0.1) is 0 Å². The molecule has 1 aromatic rings. The van der Waals surface area contributed by atoms with E-state index in [1.54, 1.807) is 11.4 Å². The van der Waals surface area contributed by atoms with E-state index in [1.807, 2.05) is 24.6 Å². The van der Waals surface area contributed by atoms with Gasteiger partial charge < -0.3 is 0 Å². The van der Waals surface area contributed by atoms with Gasteiger partial charge in [0.05, 0.1) is 5.69 Å². The van der Waals surface area contributed by atoms with E-state index in [0.29, 0.717) is 25.6 Å². The van der Waals surface area contributed by atoms with Crippen LogP contribution in [0.1, 0.15) is 37.6 Å². The molecule has 0 aromatic carbocycles. The zero-order chi connectivity index (χ0) is 16.3. The Kier molecular flexibility index (Phi) is 5.63. The minimum atomic E-state index is -3.31. The van der Waals surface area contributed by atoms with Crippen LogP contribution in [0.4, 0.5) is 0 Å². The topological polar surface area (TPSA) is 58.4 Å². The molecule has 2 rings (SSSR count). The molecule has 22 heavy (non-hydrogen) atoms. The van der Waals surface area contributed by atoms with E-state index >= 15 is 0 Å². The van der Waals surface area contributed by atoms with Crippen LogP contribution in [0.2, 0.25) is 0 Å². The third-order valence-electron chi connectivity index (χ3n) is 4.41. The SMILES string of the molecule is Cc1cc(C)n(CCCN(C)S(=O)(=O)N2CCC(C)CC2)n1. The maximum atomic E-state index is 12.5. The Bertz CT molecular complexity index is 589. The zero-order valence-electron chi connectivity index (χ0n) is 14.1. The number of hydrogen-bond donors (Lipinski definition) is 0. The van der Waals surface area contributed by atoms with Crippen molar-refractivity contribution in [3.8, 4) is 0 Å². The van der Waals surface area contributed by atoms with Crippen LogP contribution in [0.3, 0.4) is 0 Å². The molecule has 1 saturated heterocycles. The van der Waals surface area contributed by atoms with Gasteiger partial charge in [0.2, 0.25) is 0 Å². The molecule has 1 aliphatic heterocycles. The van der Waals surface area contributed by atoms with E-state index in [0.717, 1.165) is 37.2 Å². The maximum Gasteiger partial charge on any atom is 0.281 e. The Morgan fingerprint density at radius 1 is 1.32 bits per heavy atom. The van der Waals surface area contributed by atoms with Crippen molar-refractivity contribution in [2.75, 3.05) is 26.7 Å². The lowest BCUT2D eigenvalue weighted by Gasteiger charge is -2.32. The first-order valence-corrected chi connectivity index (χ1v) is 9.43. The van der Waals surface area contributed by atoms with Crippen molar-refractivity contribution in [2.45, 2.75) is 46.6 Å². The van der Waals surface area contributed by atoms with Crippen molar-refractivity contribution in [3.05, 3.63) is 17.5 Å². The first-order valence-electron chi connectivity index (χ1n) is 8.03. The molecule has 0 unspecified atom stereocenters. The molecule has 0 spiro atoms. The summed E-state index contributed by atoms with van der Waals surface area (Å²) in [6.07, 6.45) is 2.68. The van der Waals surface area contributed by atoms with Crippen LogP contribution < -0.4 is 0 Å². The third-order valence-corrected chi connectivity index (χ3v) is 6.40. The molecule has 126 valence electrons. The summed E-state index contributed by atoms with van der Waals surface area (Å²) in [6.45, 7) is 8.73. The average Bonchev–Trinajstić information content (AvgIpc) is 2.77. The average molecular weight is 328 g/mol. The molecule has 0 amide bonds. The molecule has 1 aliphatic rings. The lowest BCUT2D eigenvalue weighted by molar-refractivity contribution is 0.269. The fraction of sp³-hybridized carbons (Fsp3) is 0.800. The van der Waals surface area contributed by atoms with Gasteiger partial charge in [0.1, 0.15) is 0 Å². The number of piperidine rings is 1. The number of rotatable bonds is 6. The van der Waals surface area contributed by atoms with Gasteiger partial charge in [0.25, 0.3) is 10.2 Å². The summed E-state index contributed by atoms with van der Waals surface area (Å²) in [5.74, 6) is 0.628. The summed E-state index contributed by atoms with van der Waals surface area (Å²) >= 11 is 0. The number of hydrogen-bond acceptors (Lipinski definition) is 3. The summed E-state index contributed by atoms with van der Waals surface area (Å²) < 4.78 is 30.1. The van der Waals surface area contributed by atoms with E-state index in [4.69, 9.17) is 0 Å². The Morgan fingerprint density at radius 2 is 1.95 bits per heavy atom. The highest BCUT2D eigenvalue weighted by atomic mass is 32.2. The van der Waals surface area contributed by atoms with Crippen LogP contribution >= 0.6 is 0 Å². The van der Waals surface area contributed by atoms with Crippen LogP contribution in [0.5, 0.6) is 0 Å². The predicted octanol–water partition coefficient (Wildman–Crippen LogP) is 1.80. The van der Waals surface area contributed by atoms with E-state index in [2.05, 4.69) is 12.0 Å². The molecule has 7 heteroatoms. The molecular formula is C15H28N4O2S. The van der Waals surface area contributed by atoms with Crippen LogP contribution in [-0.2, 0) is 16.8 Å². The summed E-state index contributed by atoms with van der Waals surface area (Å²) in [4.78, 5) is 0. The minimum absolute atomic E-state index is 0.521. The van der Waals surface area contributed by atoms with Crippen molar-refractivity contribution >= 4 is 10.2 Å². The second-order valence-electron chi connectivity index (χ2n) is 6.41. The highest BCUT2D eigenvalue weighted by molar-refractivity contribution is 7.86. The van der Waals surface area contributed by atoms with Gasteiger partial charge >= 0.3 is 0 Å². The molecular weight excluding hydrogens is 300 g/mol. The fourth-order valence-electron chi connectivity index (χ4n) is 2.87. The quantitative estimate of drug-likeness (QED) is 0.800. The van der Waals surface area contributed by atoms with Gasteiger partial charge in [-0.25, -0.2) is 0 Å². The Balaban J connectivity index is 1.85. The molecule has 0 atom stereocenters. The molecule has 0 aliphatic carbocycles. The van der Waals surface area contributed by atoms with Crippen LogP contribution in [-0.4, -0.2) is 53.5 Å². The number of nitrogens with zero attached hydrogens (tertiary/aromatic N) is 4. The monoisotopic (exact) mass is 328 g/mol. The third kappa shape index (κ3) is 4.08. The molecule has 2 heterocycles. The number of aryl methyl sites for hydroxylation is 3. The molecule has 0 saturated carbocycles. The van der Waals surface area contributed by atoms with Crippen LogP contribution in [0.25, 0.3) is 0 Å². The van der Waals surface area contributed by atoms with Crippen molar-refractivity contribution in [1.82, 2.24) is 18.4 Å². The van der Waals surface area contributed by atoms with E-state index in [9.17, 15) is 8.42 Å². The van der Waals surface area contributed by atoms with Crippen LogP contribution in [0.15, 0.2) is 6.07 Å².